The molecule has 0 aromatic rings. The van der Waals surface area contributed by atoms with E-state index in [0.29, 0.717) is 5.75 Å². The van der Waals surface area contributed by atoms with Crippen molar-refractivity contribution in [2.45, 2.75) is 17.7 Å². The fourth-order valence-electron chi connectivity index (χ4n) is 1.68. The summed E-state index contributed by atoms with van der Waals surface area (Å²) < 4.78 is 22.3. The molecule has 0 aromatic heterocycles. The van der Waals surface area contributed by atoms with E-state index in [1.54, 1.807) is 11.8 Å². The largest absolute Gasteiger partial charge is 0.354 e. The van der Waals surface area contributed by atoms with Crippen LogP contribution in [0.25, 0.3) is 0 Å². The molecule has 0 aromatic carbocycles. The summed E-state index contributed by atoms with van der Waals surface area (Å²) in [6.07, 6.45) is 0. The van der Waals surface area contributed by atoms with Crippen LogP contribution in [0.15, 0.2) is 0 Å². The molecule has 0 radical (unpaired) electrons. The van der Waals surface area contributed by atoms with Crippen LogP contribution in [-0.2, 0) is 9.13 Å². The second-order valence-electron chi connectivity index (χ2n) is 3.70. The van der Waals surface area contributed by atoms with Gasteiger partial charge in [-0.3, -0.25) is 14.0 Å². The Balaban J connectivity index is 2.94. The summed E-state index contributed by atoms with van der Waals surface area (Å²) in [5.41, 5.74) is -2.00. The molecule has 1 rings (SSSR count). The van der Waals surface area contributed by atoms with Gasteiger partial charge < -0.3 is 19.6 Å². The number of hydrogen-bond donors (Lipinski definition) is 4. The topological polar surface area (TPSA) is 118 Å². The highest BCUT2D eigenvalue weighted by Gasteiger charge is 2.48. The highest BCUT2D eigenvalue weighted by molar-refractivity contribution is 8.00. The van der Waals surface area contributed by atoms with Crippen molar-refractivity contribution in [3.63, 3.8) is 0 Å². The Labute approximate surface area is 97.5 Å². The first-order valence-corrected chi connectivity index (χ1v) is 8.99. The van der Waals surface area contributed by atoms with Crippen molar-refractivity contribution >= 4 is 27.0 Å². The van der Waals surface area contributed by atoms with E-state index in [4.69, 9.17) is 19.6 Å². The molecule has 7 nitrogen and oxygen atoms in total. The minimum atomic E-state index is -4.84. The van der Waals surface area contributed by atoms with Crippen LogP contribution in [-0.4, -0.2) is 54.1 Å². The Morgan fingerprint density at radius 1 is 1.25 bits per heavy atom. The maximum atomic E-state index is 11.1. The van der Waals surface area contributed by atoms with Crippen LogP contribution >= 0.6 is 27.0 Å². The molecule has 1 atom stereocenters. The Hall–Kier alpha value is 0.610. The maximum Gasteiger partial charge on any atom is 0.354 e. The monoisotopic (exact) mass is 291 g/mol. The van der Waals surface area contributed by atoms with E-state index in [2.05, 4.69) is 0 Å². The maximum absolute atomic E-state index is 11.1. The average Bonchev–Trinajstić information content (AvgIpc) is 1.97. The average molecular weight is 291 g/mol. The molecule has 0 bridgehead atoms. The number of thioether (sulfide) groups is 1. The van der Waals surface area contributed by atoms with Gasteiger partial charge in [0.05, 0.1) is 0 Å². The first kappa shape index (κ1) is 14.7. The molecular weight excluding hydrogens is 276 g/mol. The minimum Gasteiger partial charge on any atom is -0.323 e. The van der Waals surface area contributed by atoms with Crippen molar-refractivity contribution in [3.8, 4) is 0 Å². The number of rotatable bonds is 3. The van der Waals surface area contributed by atoms with Crippen molar-refractivity contribution in [3.05, 3.63) is 0 Å². The van der Waals surface area contributed by atoms with Gasteiger partial charge in [-0.1, -0.05) is 6.92 Å². The Morgan fingerprint density at radius 3 is 2.12 bits per heavy atom. The second kappa shape index (κ2) is 5.08. The molecular formula is C6H15NO6P2S. The van der Waals surface area contributed by atoms with Gasteiger partial charge in [-0.2, -0.15) is 11.8 Å². The smallest absolute Gasteiger partial charge is 0.323 e. The van der Waals surface area contributed by atoms with E-state index in [0.717, 1.165) is 0 Å². The highest BCUT2D eigenvalue weighted by Crippen LogP contribution is 2.61. The van der Waals surface area contributed by atoms with Crippen LogP contribution in [0.3, 0.4) is 0 Å². The molecule has 0 saturated carbocycles. The lowest BCUT2D eigenvalue weighted by Crippen LogP contribution is -2.43. The first-order valence-electron chi connectivity index (χ1n) is 4.58. The van der Waals surface area contributed by atoms with E-state index in [1.165, 1.54) is 4.90 Å². The van der Waals surface area contributed by atoms with E-state index in [-0.39, 0.29) is 18.3 Å². The van der Waals surface area contributed by atoms with Crippen molar-refractivity contribution in [1.29, 1.82) is 0 Å². The fraction of sp³-hybridized carbons (Fsp3) is 1.00. The first-order chi connectivity index (χ1) is 7.12. The summed E-state index contributed by atoms with van der Waals surface area (Å²) in [7, 11) is -9.68. The normalized spacial score (nSPS) is 25.0. The lowest BCUT2D eigenvalue weighted by Gasteiger charge is -2.36. The van der Waals surface area contributed by atoms with Crippen molar-refractivity contribution < 1.29 is 28.7 Å². The van der Waals surface area contributed by atoms with Crippen LogP contribution in [0.2, 0.25) is 0 Å². The van der Waals surface area contributed by atoms with Crippen molar-refractivity contribution in [2.24, 2.45) is 0 Å². The molecule has 1 aliphatic heterocycles. The van der Waals surface area contributed by atoms with Gasteiger partial charge in [0.25, 0.3) is 0 Å². The predicted molar refractivity (Wildman–Crippen MR) is 61.4 cm³/mol. The lowest BCUT2D eigenvalue weighted by molar-refractivity contribution is 0.231. The quantitative estimate of drug-likeness (QED) is 0.539. The Bertz CT molecular complexity index is 318. The van der Waals surface area contributed by atoms with Gasteiger partial charge in [0.15, 0.2) is 0 Å². The molecule has 1 fully saturated rings. The molecule has 0 amide bonds. The summed E-state index contributed by atoms with van der Waals surface area (Å²) in [4.78, 5) is 37.3. The van der Waals surface area contributed by atoms with Crippen LogP contribution in [0, 0.1) is 0 Å². The third-order valence-electron chi connectivity index (χ3n) is 2.20. The van der Waals surface area contributed by atoms with Gasteiger partial charge in [-0.25, -0.2) is 0 Å². The summed E-state index contributed by atoms with van der Waals surface area (Å²) >= 11 is 1.61. The third kappa shape index (κ3) is 3.82. The summed E-state index contributed by atoms with van der Waals surface area (Å²) in [6.45, 7) is 2.40. The molecule has 10 heteroatoms. The van der Waals surface area contributed by atoms with E-state index >= 15 is 0 Å². The lowest BCUT2D eigenvalue weighted by atomic mass is 10.4. The molecule has 1 saturated heterocycles. The minimum absolute atomic E-state index is 0.106. The van der Waals surface area contributed by atoms with Crippen LogP contribution in [0.5, 0.6) is 0 Å². The second-order valence-corrected chi connectivity index (χ2v) is 8.99. The standard InChI is InChI=1S/C6H15NO6P2S/c1-5-4-7(2-3-16-5)6(14(8,9)10)15(11,12)13/h5-6H,2-4H2,1H3,(H2,8,9,10)(H2,11,12,13). The summed E-state index contributed by atoms with van der Waals surface area (Å²) in [6, 6.07) is 0. The van der Waals surface area contributed by atoms with Gasteiger partial charge in [0, 0.05) is 24.1 Å². The zero-order chi connectivity index (χ0) is 12.6. The SMILES string of the molecule is CC1CN(C(P(=O)(O)O)P(=O)(O)O)CCS1. The summed E-state index contributed by atoms with van der Waals surface area (Å²) in [5, 5.41) is 0.106. The molecule has 0 spiro atoms. The number of nitrogens with zero attached hydrogens (tertiary/aromatic N) is 1. The van der Waals surface area contributed by atoms with Crippen LogP contribution in [0.1, 0.15) is 6.92 Å². The summed E-state index contributed by atoms with van der Waals surface area (Å²) in [5.74, 6) is 0.609. The van der Waals surface area contributed by atoms with Gasteiger partial charge in [0.1, 0.15) is 0 Å². The van der Waals surface area contributed by atoms with Crippen LogP contribution in [0.4, 0.5) is 0 Å². The molecule has 0 aliphatic carbocycles. The third-order valence-corrected chi connectivity index (χ3v) is 7.00. The Morgan fingerprint density at radius 2 is 1.75 bits per heavy atom. The van der Waals surface area contributed by atoms with Crippen molar-refractivity contribution in [2.75, 3.05) is 18.8 Å². The predicted octanol–water partition coefficient (Wildman–Crippen LogP) is 0.0627. The molecule has 16 heavy (non-hydrogen) atoms. The van der Waals surface area contributed by atoms with Gasteiger partial charge in [0.2, 0.25) is 5.52 Å². The van der Waals surface area contributed by atoms with Crippen molar-refractivity contribution in [1.82, 2.24) is 4.90 Å². The zero-order valence-corrected chi connectivity index (χ0v) is 11.2. The Kier molecular flexibility index (Phi) is 4.66. The number of hydrogen-bond acceptors (Lipinski definition) is 4. The molecule has 1 unspecified atom stereocenters. The highest BCUT2D eigenvalue weighted by atomic mass is 32.2. The van der Waals surface area contributed by atoms with Gasteiger partial charge in [-0.15, -0.1) is 0 Å². The van der Waals surface area contributed by atoms with Gasteiger partial charge in [-0.05, 0) is 0 Å². The molecule has 96 valence electrons. The zero-order valence-electron chi connectivity index (χ0n) is 8.63. The molecule has 1 aliphatic rings. The molecule has 1 heterocycles. The van der Waals surface area contributed by atoms with E-state index < -0.39 is 20.7 Å². The van der Waals surface area contributed by atoms with Gasteiger partial charge >= 0.3 is 15.2 Å². The fourth-order valence-corrected chi connectivity index (χ4v) is 5.55. The van der Waals surface area contributed by atoms with Crippen LogP contribution < -0.4 is 0 Å². The van der Waals surface area contributed by atoms with E-state index in [1.807, 2.05) is 6.92 Å². The van der Waals surface area contributed by atoms with E-state index in [9.17, 15) is 9.13 Å². The molecule has 4 N–H and O–H groups in total.